The molecular formula is C7H15NO3. The van der Waals surface area contributed by atoms with Crippen molar-refractivity contribution in [3.63, 3.8) is 0 Å². The van der Waals surface area contributed by atoms with E-state index >= 15 is 0 Å². The Morgan fingerprint density at radius 1 is 1.55 bits per heavy atom. The topological polar surface area (TPSA) is 83.5 Å². The molecule has 66 valence electrons. The van der Waals surface area contributed by atoms with Crippen molar-refractivity contribution >= 4 is 5.97 Å². The number of nitrogens with two attached hydrogens (primary N) is 1. The molecule has 0 rings (SSSR count). The van der Waals surface area contributed by atoms with E-state index in [9.17, 15) is 4.79 Å². The summed E-state index contributed by atoms with van der Waals surface area (Å²) in [4.78, 5) is 10.2. The molecule has 0 spiro atoms. The maximum atomic E-state index is 10.2. The standard InChI is InChI=1S/C7H15NO3/c1-4(2)3-5(8)6(9)7(10)11/h4-6,9H,3,8H2,1-2H3,(H,10,11)/t5-,6+/m1/s1. The molecule has 11 heavy (non-hydrogen) atoms. The number of aliphatic hydroxyl groups excluding tert-OH is 1. The van der Waals surface area contributed by atoms with Crippen LogP contribution in [0.25, 0.3) is 0 Å². The van der Waals surface area contributed by atoms with Crippen molar-refractivity contribution in [3.05, 3.63) is 0 Å². The summed E-state index contributed by atoms with van der Waals surface area (Å²) in [6.45, 7) is 3.85. The first-order chi connectivity index (χ1) is 4.95. The minimum atomic E-state index is -1.43. The van der Waals surface area contributed by atoms with Gasteiger partial charge in [-0.25, -0.2) is 4.79 Å². The number of carbonyl (C=O) groups is 1. The van der Waals surface area contributed by atoms with Crippen LogP contribution in [-0.4, -0.2) is 28.3 Å². The lowest BCUT2D eigenvalue weighted by atomic mass is 10.0. The van der Waals surface area contributed by atoms with Crippen LogP contribution in [0.15, 0.2) is 0 Å². The van der Waals surface area contributed by atoms with Crippen LogP contribution in [0.4, 0.5) is 0 Å². The van der Waals surface area contributed by atoms with E-state index in [0.717, 1.165) is 0 Å². The van der Waals surface area contributed by atoms with Crippen LogP contribution in [0, 0.1) is 5.92 Å². The largest absolute Gasteiger partial charge is 0.479 e. The highest BCUT2D eigenvalue weighted by Gasteiger charge is 2.22. The van der Waals surface area contributed by atoms with Gasteiger partial charge in [0.1, 0.15) is 0 Å². The average molecular weight is 161 g/mol. The van der Waals surface area contributed by atoms with E-state index in [1.807, 2.05) is 13.8 Å². The number of aliphatic carboxylic acids is 1. The van der Waals surface area contributed by atoms with Crippen LogP contribution < -0.4 is 5.73 Å². The smallest absolute Gasteiger partial charge is 0.334 e. The molecule has 0 amide bonds. The van der Waals surface area contributed by atoms with Crippen molar-refractivity contribution in [2.24, 2.45) is 11.7 Å². The van der Waals surface area contributed by atoms with Gasteiger partial charge in [-0.1, -0.05) is 13.8 Å². The fourth-order valence-electron chi connectivity index (χ4n) is 0.856. The molecule has 0 unspecified atom stereocenters. The molecule has 0 aliphatic heterocycles. The van der Waals surface area contributed by atoms with Crippen molar-refractivity contribution in [3.8, 4) is 0 Å². The van der Waals surface area contributed by atoms with Crippen LogP contribution >= 0.6 is 0 Å². The lowest BCUT2D eigenvalue weighted by Crippen LogP contribution is -2.41. The number of carboxylic acid groups (broad SMARTS) is 1. The van der Waals surface area contributed by atoms with Crippen molar-refractivity contribution in [1.82, 2.24) is 0 Å². The predicted octanol–water partition coefficient (Wildman–Crippen LogP) is -0.195. The van der Waals surface area contributed by atoms with Gasteiger partial charge >= 0.3 is 5.97 Å². The van der Waals surface area contributed by atoms with Gasteiger partial charge in [0.2, 0.25) is 0 Å². The van der Waals surface area contributed by atoms with E-state index in [1.54, 1.807) is 0 Å². The molecule has 4 N–H and O–H groups in total. The van der Waals surface area contributed by atoms with Crippen LogP contribution in [0.1, 0.15) is 20.3 Å². The van der Waals surface area contributed by atoms with E-state index in [4.69, 9.17) is 15.9 Å². The summed E-state index contributed by atoms with van der Waals surface area (Å²) in [6.07, 6.45) is -0.912. The lowest BCUT2D eigenvalue weighted by molar-refractivity contribution is -0.147. The molecule has 4 nitrogen and oxygen atoms in total. The number of rotatable bonds is 4. The molecule has 0 radical (unpaired) electrons. The molecule has 0 saturated heterocycles. The molecular weight excluding hydrogens is 146 g/mol. The van der Waals surface area contributed by atoms with E-state index < -0.39 is 18.1 Å². The fraction of sp³-hybridized carbons (Fsp3) is 0.857. The third-order valence-corrected chi connectivity index (χ3v) is 1.40. The second-order valence-corrected chi connectivity index (χ2v) is 3.08. The maximum Gasteiger partial charge on any atom is 0.334 e. The number of aliphatic hydroxyl groups is 1. The van der Waals surface area contributed by atoms with Crippen molar-refractivity contribution in [2.45, 2.75) is 32.4 Å². The summed E-state index contributed by atoms with van der Waals surface area (Å²) in [5.41, 5.74) is 5.39. The Hall–Kier alpha value is -0.610. The minimum absolute atomic E-state index is 0.305. The van der Waals surface area contributed by atoms with E-state index in [-0.39, 0.29) is 0 Å². The van der Waals surface area contributed by atoms with Crippen LogP contribution in [-0.2, 0) is 4.79 Å². The lowest BCUT2D eigenvalue weighted by Gasteiger charge is -2.16. The van der Waals surface area contributed by atoms with Crippen molar-refractivity contribution in [1.29, 1.82) is 0 Å². The molecule has 4 heteroatoms. The zero-order chi connectivity index (χ0) is 9.02. The maximum absolute atomic E-state index is 10.2. The van der Waals surface area contributed by atoms with E-state index in [0.29, 0.717) is 12.3 Å². The van der Waals surface area contributed by atoms with Crippen molar-refractivity contribution < 1.29 is 15.0 Å². The quantitative estimate of drug-likeness (QED) is 0.533. The Morgan fingerprint density at radius 3 is 2.27 bits per heavy atom. The average Bonchev–Trinajstić information content (AvgIpc) is 1.84. The molecule has 0 heterocycles. The molecule has 0 aromatic heterocycles. The van der Waals surface area contributed by atoms with Gasteiger partial charge < -0.3 is 15.9 Å². The summed E-state index contributed by atoms with van der Waals surface area (Å²) in [7, 11) is 0. The fourth-order valence-corrected chi connectivity index (χ4v) is 0.856. The third kappa shape index (κ3) is 3.95. The van der Waals surface area contributed by atoms with E-state index in [1.165, 1.54) is 0 Å². The first-order valence-corrected chi connectivity index (χ1v) is 3.61. The number of hydrogen-bond acceptors (Lipinski definition) is 3. The highest BCUT2D eigenvalue weighted by Crippen LogP contribution is 2.05. The number of hydrogen-bond donors (Lipinski definition) is 3. The molecule has 2 atom stereocenters. The summed E-state index contributed by atoms with van der Waals surface area (Å²) in [5, 5.41) is 17.3. The SMILES string of the molecule is CC(C)C[C@@H](N)[C@H](O)C(=O)O. The zero-order valence-electron chi connectivity index (χ0n) is 6.82. The van der Waals surface area contributed by atoms with Crippen LogP contribution in [0.3, 0.4) is 0 Å². The highest BCUT2D eigenvalue weighted by molar-refractivity contribution is 5.72. The molecule has 0 aliphatic carbocycles. The van der Waals surface area contributed by atoms with Gasteiger partial charge in [0.15, 0.2) is 6.10 Å². The van der Waals surface area contributed by atoms with Gasteiger partial charge in [0.05, 0.1) is 0 Å². The van der Waals surface area contributed by atoms with Gasteiger partial charge in [-0.3, -0.25) is 0 Å². The summed E-state index contributed by atoms with van der Waals surface area (Å²) < 4.78 is 0. The number of carboxylic acids is 1. The van der Waals surface area contributed by atoms with Crippen molar-refractivity contribution in [2.75, 3.05) is 0 Å². The Balaban J connectivity index is 3.82. The van der Waals surface area contributed by atoms with Gasteiger partial charge in [0, 0.05) is 6.04 Å². The Kier molecular flexibility index (Phi) is 4.07. The minimum Gasteiger partial charge on any atom is -0.479 e. The molecule has 0 aromatic rings. The molecule has 0 bridgehead atoms. The molecule has 0 saturated carbocycles. The summed E-state index contributed by atoms with van der Waals surface area (Å²) in [6, 6.07) is -0.660. The molecule has 0 aliphatic rings. The monoisotopic (exact) mass is 161 g/mol. The first kappa shape index (κ1) is 10.4. The predicted molar refractivity (Wildman–Crippen MR) is 41.1 cm³/mol. The van der Waals surface area contributed by atoms with Gasteiger partial charge in [-0.2, -0.15) is 0 Å². The van der Waals surface area contributed by atoms with Crippen LogP contribution in [0.2, 0.25) is 0 Å². The second-order valence-electron chi connectivity index (χ2n) is 3.08. The molecule has 0 aromatic carbocycles. The molecule has 0 fully saturated rings. The Morgan fingerprint density at radius 2 is 2.00 bits per heavy atom. The van der Waals surface area contributed by atoms with Crippen LogP contribution in [0.5, 0.6) is 0 Å². The van der Waals surface area contributed by atoms with Gasteiger partial charge in [0.25, 0.3) is 0 Å². The zero-order valence-corrected chi connectivity index (χ0v) is 6.82. The summed E-state index contributed by atoms with van der Waals surface area (Å²) in [5.74, 6) is -0.947. The normalized spacial score (nSPS) is 16.5. The Labute approximate surface area is 66.0 Å². The Bertz CT molecular complexity index is 136. The van der Waals surface area contributed by atoms with Gasteiger partial charge in [-0.15, -0.1) is 0 Å². The second kappa shape index (κ2) is 4.31. The third-order valence-electron chi connectivity index (χ3n) is 1.40. The highest BCUT2D eigenvalue weighted by atomic mass is 16.4. The summed E-state index contributed by atoms with van der Waals surface area (Å²) >= 11 is 0. The first-order valence-electron chi connectivity index (χ1n) is 3.61. The van der Waals surface area contributed by atoms with Gasteiger partial charge in [-0.05, 0) is 12.3 Å². The van der Waals surface area contributed by atoms with E-state index in [2.05, 4.69) is 0 Å².